The smallest absolute Gasteiger partial charge is 0.238 e. The Morgan fingerprint density at radius 1 is 1.17 bits per heavy atom. The van der Waals surface area contributed by atoms with E-state index < -0.39 is 10.0 Å². The van der Waals surface area contributed by atoms with Crippen LogP contribution in [0.25, 0.3) is 10.6 Å². The zero-order valence-electron chi connectivity index (χ0n) is 12.2. The van der Waals surface area contributed by atoms with Gasteiger partial charge in [-0.1, -0.05) is 23.5 Å². The fourth-order valence-corrected chi connectivity index (χ4v) is 4.33. The second-order valence-electron chi connectivity index (χ2n) is 4.96. The maximum atomic E-state index is 11.2. The second kappa shape index (κ2) is 6.00. The maximum absolute atomic E-state index is 11.2. The van der Waals surface area contributed by atoms with Gasteiger partial charge in [-0.15, -0.1) is 11.3 Å². The molecule has 0 radical (unpaired) electrons. The molecule has 2 aromatic heterocycles. The summed E-state index contributed by atoms with van der Waals surface area (Å²) in [6.45, 7) is 1.91. The van der Waals surface area contributed by atoms with Gasteiger partial charge in [0.15, 0.2) is 5.13 Å². The number of aryl methyl sites for hydroxylation is 1. The van der Waals surface area contributed by atoms with Crippen LogP contribution in [-0.4, -0.2) is 18.4 Å². The van der Waals surface area contributed by atoms with E-state index in [0.717, 1.165) is 26.8 Å². The minimum Gasteiger partial charge on any atom is -0.375 e. The van der Waals surface area contributed by atoms with Crippen LogP contribution in [0.15, 0.2) is 34.5 Å². The molecule has 2 heterocycles. The molecule has 0 aliphatic carbocycles. The van der Waals surface area contributed by atoms with Crippen LogP contribution in [0, 0.1) is 6.92 Å². The number of benzene rings is 1. The Kier molecular flexibility index (Phi) is 4.19. The predicted octanol–water partition coefficient (Wildman–Crippen LogP) is 2.40. The van der Waals surface area contributed by atoms with Gasteiger partial charge < -0.3 is 5.73 Å². The summed E-state index contributed by atoms with van der Waals surface area (Å²) >= 11 is 2.97. The van der Waals surface area contributed by atoms with E-state index in [9.17, 15) is 8.42 Å². The highest BCUT2D eigenvalue weighted by Crippen LogP contribution is 2.32. The molecule has 120 valence electrons. The van der Waals surface area contributed by atoms with Crippen LogP contribution in [0.3, 0.4) is 0 Å². The van der Waals surface area contributed by atoms with Crippen molar-refractivity contribution >= 4 is 37.8 Å². The number of hydrogen-bond donors (Lipinski definition) is 2. The number of primary sulfonamides is 1. The highest BCUT2D eigenvalue weighted by atomic mass is 32.2. The van der Waals surface area contributed by atoms with E-state index in [1.54, 1.807) is 23.5 Å². The molecular weight excluding hydrogens is 352 g/mol. The SMILES string of the molecule is Cc1nc(N)sc1-c1csc(Cc2ccc(S(N)(=O)=O)cc2)n1. The van der Waals surface area contributed by atoms with Gasteiger partial charge in [0.25, 0.3) is 0 Å². The van der Waals surface area contributed by atoms with Crippen LogP contribution >= 0.6 is 22.7 Å². The molecule has 0 atom stereocenters. The summed E-state index contributed by atoms with van der Waals surface area (Å²) in [6.07, 6.45) is 0.628. The average molecular weight is 366 g/mol. The Morgan fingerprint density at radius 2 is 1.87 bits per heavy atom. The summed E-state index contributed by atoms with van der Waals surface area (Å²) in [6, 6.07) is 6.51. The van der Waals surface area contributed by atoms with E-state index in [-0.39, 0.29) is 4.90 Å². The lowest BCUT2D eigenvalue weighted by atomic mass is 10.2. The first-order chi connectivity index (χ1) is 10.8. The number of nitrogen functional groups attached to an aromatic ring is 1. The lowest BCUT2D eigenvalue weighted by Gasteiger charge is -2.01. The van der Waals surface area contributed by atoms with Crippen LogP contribution in [0.2, 0.25) is 0 Å². The molecule has 0 saturated heterocycles. The van der Waals surface area contributed by atoms with E-state index in [2.05, 4.69) is 9.97 Å². The lowest BCUT2D eigenvalue weighted by molar-refractivity contribution is 0.598. The van der Waals surface area contributed by atoms with E-state index >= 15 is 0 Å². The van der Waals surface area contributed by atoms with Crippen molar-refractivity contribution in [2.75, 3.05) is 5.73 Å². The molecule has 0 amide bonds. The second-order valence-corrected chi connectivity index (χ2v) is 8.49. The van der Waals surface area contributed by atoms with Crippen molar-refractivity contribution in [3.05, 3.63) is 45.9 Å². The van der Waals surface area contributed by atoms with Gasteiger partial charge in [-0.3, -0.25) is 0 Å². The Hall–Kier alpha value is -1.81. The van der Waals surface area contributed by atoms with Gasteiger partial charge in [-0.2, -0.15) is 0 Å². The molecule has 0 bridgehead atoms. The molecular formula is C14H14N4O2S3. The number of thiazole rings is 2. The van der Waals surface area contributed by atoms with Crippen molar-refractivity contribution < 1.29 is 8.42 Å². The number of hydrogen-bond acceptors (Lipinski definition) is 7. The molecule has 4 N–H and O–H groups in total. The van der Waals surface area contributed by atoms with E-state index in [0.29, 0.717) is 11.6 Å². The fraction of sp³-hybridized carbons (Fsp3) is 0.143. The zero-order chi connectivity index (χ0) is 16.6. The fourth-order valence-electron chi connectivity index (χ4n) is 2.12. The number of rotatable bonds is 4. The molecule has 0 saturated carbocycles. The van der Waals surface area contributed by atoms with Crippen LogP contribution in [0.4, 0.5) is 5.13 Å². The van der Waals surface area contributed by atoms with Crippen molar-refractivity contribution in [2.45, 2.75) is 18.2 Å². The third-order valence-corrected chi connectivity index (χ3v) is 5.99. The Labute approximate surface area is 141 Å². The van der Waals surface area contributed by atoms with Crippen LogP contribution in [-0.2, 0) is 16.4 Å². The Morgan fingerprint density at radius 3 is 2.43 bits per heavy atom. The van der Waals surface area contributed by atoms with Crippen molar-refractivity contribution in [3.63, 3.8) is 0 Å². The summed E-state index contributed by atoms with van der Waals surface area (Å²) in [4.78, 5) is 9.91. The molecule has 3 rings (SSSR count). The first-order valence-corrected chi connectivity index (χ1v) is 9.86. The van der Waals surface area contributed by atoms with Gasteiger partial charge in [0.05, 0.1) is 26.2 Å². The normalized spacial score (nSPS) is 11.7. The number of anilines is 1. The lowest BCUT2D eigenvalue weighted by Crippen LogP contribution is -2.11. The summed E-state index contributed by atoms with van der Waals surface area (Å²) in [5.74, 6) is 0. The zero-order valence-corrected chi connectivity index (χ0v) is 14.6. The van der Waals surface area contributed by atoms with Gasteiger partial charge in [-0.25, -0.2) is 23.5 Å². The largest absolute Gasteiger partial charge is 0.375 e. The average Bonchev–Trinajstić information content (AvgIpc) is 3.05. The van der Waals surface area contributed by atoms with Crippen LogP contribution in [0.1, 0.15) is 16.3 Å². The van der Waals surface area contributed by atoms with Gasteiger partial charge in [0, 0.05) is 11.8 Å². The predicted molar refractivity (Wildman–Crippen MR) is 93.0 cm³/mol. The highest BCUT2D eigenvalue weighted by Gasteiger charge is 2.12. The van der Waals surface area contributed by atoms with Crippen molar-refractivity contribution in [1.82, 2.24) is 9.97 Å². The molecule has 23 heavy (non-hydrogen) atoms. The summed E-state index contributed by atoms with van der Waals surface area (Å²) in [5.41, 5.74) is 8.44. The highest BCUT2D eigenvalue weighted by molar-refractivity contribution is 7.89. The molecule has 0 aliphatic rings. The molecule has 0 spiro atoms. The van der Waals surface area contributed by atoms with Crippen molar-refractivity contribution in [1.29, 1.82) is 0 Å². The van der Waals surface area contributed by atoms with Gasteiger partial charge >= 0.3 is 0 Å². The maximum Gasteiger partial charge on any atom is 0.238 e. The number of sulfonamides is 1. The van der Waals surface area contributed by atoms with Crippen molar-refractivity contribution in [2.24, 2.45) is 5.14 Å². The van der Waals surface area contributed by atoms with Crippen LogP contribution < -0.4 is 10.9 Å². The first kappa shape index (κ1) is 16.1. The van der Waals surface area contributed by atoms with E-state index in [1.165, 1.54) is 23.5 Å². The van der Waals surface area contributed by atoms with Gasteiger partial charge in [-0.05, 0) is 24.6 Å². The Bertz CT molecular complexity index is 943. The molecule has 6 nitrogen and oxygen atoms in total. The third kappa shape index (κ3) is 3.58. The topological polar surface area (TPSA) is 112 Å². The molecule has 0 fully saturated rings. The van der Waals surface area contributed by atoms with Gasteiger partial charge in [0.2, 0.25) is 10.0 Å². The first-order valence-electron chi connectivity index (χ1n) is 6.62. The molecule has 3 aromatic rings. The summed E-state index contributed by atoms with van der Waals surface area (Å²) < 4.78 is 22.5. The minimum atomic E-state index is -3.66. The molecule has 9 heteroatoms. The Balaban J connectivity index is 1.81. The van der Waals surface area contributed by atoms with E-state index in [1.807, 2.05) is 12.3 Å². The molecule has 1 aromatic carbocycles. The standard InChI is InChI=1S/C14H14N4O2S3/c1-8-13(22-14(15)17-8)11-7-21-12(18-11)6-9-2-4-10(5-3-9)23(16,19)20/h2-5,7H,6H2,1H3,(H2,15,17)(H2,16,19,20). The minimum absolute atomic E-state index is 0.108. The number of nitrogens with zero attached hydrogens (tertiary/aromatic N) is 2. The third-order valence-electron chi connectivity index (χ3n) is 3.20. The molecule has 0 unspecified atom stereocenters. The summed E-state index contributed by atoms with van der Waals surface area (Å²) in [5, 5.41) is 8.54. The van der Waals surface area contributed by atoms with E-state index in [4.69, 9.17) is 10.9 Å². The number of nitrogens with two attached hydrogens (primary N) is 2. The monoisotopic (exact) mass is 366 g/mol. The summed E-state index contributed by atoms with van der Waals surface area (Å²) in [7, 11) is -3.66. The van der Waals surface area contributed by atoms with Crippen molar-refractivity contribution in [3.8, 4) is 10.6 Å². The van der Waals surface area contributed by atoms with Gasteiger partial charge in [0.1, 0.15) is 0 Å². The molecule has 0 aliphatic heterocycles. The van der Waals surface area contributed by atoms with Crippen LogP contribution in [0.5, 0.6) is 0 Å². The number of aromatic nitrogens is 2. The quantitative estimate of drug-likeness (QED) is 0.736.